The van der Waals surface area contributed by atoms with Crippen molar-refractivity contribution in [3.8, 4) is 5.75 Å². The van der Waals surface area contributed by atoms with Crippen LogP contribution < -0.4 is 10.7 Å². The van der Waals surface area contributed by atoms with Crippen LogP contribution in [0.4, 0.5) is 11.4 Å². The highest BCUT2D eigenvalue weighted by Gasteiger charge is 2.10. The van der Waals surface area contributed by atoms with E-state index in [4.69, 9.17) is 0 Å². The first-order valence-corrected chi connectivity index (χ1v) is 8.50. The van der Waals surface area contributed by atoms with Crippen LogP contribution in [0.1, 0.15) is 18.4 Å². The second-order valence-electron chi connectivity index (χ2n) is 5.32. The van der Waals surface area contributed by atoms with Crippen molar-refractivity contribution in [1.29, 1.82) is 0 Å². The molecule has 9 nitrogen and oxygen atoms in total. The van der Waals surface area contributed by atoms with Gasteiger partial charge in [0.25, 0.3) is 5.69 Å². The van der Waals surface area contributed by atoms with Crippen LogP contribution in [0.25, 0.3) is 0 Å². The lowest BCUT2D eigenvalue weighted by atomic mass is 10.2. The van der Waals surface area contributed by atoms with Crippen molar-refractivity contribution >= 4 is 45.3 Å². The zero-order chi connectivity index (χ0) is 19.8. The molecule has 27 heavy (non-hydrogen) atoms. The molecule has 0 fully saturated rings. The standard InChI is InChI=1S/C17H15BrN4O5/c18-13-3-1-2-4-14(13)20-16(24)7-8-17(25)21-19-10-11-9-12(22(26)27)5-6-15(11)23/h1-6,9-10,23H,7-8H2,(H,20,24)(H,21,25). The average molecular weight is 435 g/mol. The second-order valence-corrected chi connectivity index (χ2v) is 6.18. The van der Waals surface area contributed by atoms with Crippen LogP contribution in [0.15, 0.2) is 52.0 Å². The number of hydrazone groups is 1. The van der Waals surface area contributed by atoms with Gasteiger partial charge in [-0.3, -0.25) is 19.7 Å². The van der Waals surface area contributed by atoms with Gasteiger partial charge in [-0.25, -0.2) is 5.43 Å². The molecule has 0 aliphatic heterocycles. The van der Waals surface area contributed by atoms with E-state index in [9.17, 15) is 24.8 Å². The summed E-state index contributed by atoms with van der Waals surface area (Å²) < 4.78 is 0.726. The molecule has 140 valence electrons. The Kier molecular flexibility index (Phi) is 7.00. The number of phenols is 1. The molecular formula is C17H15BrN4O5. The van der Waals surface area contributed by atoms with E-state index < -0.39 is 10.8 Å². The minimum absolute atomic E-state index is 0.0508. The molecule has 2 amide bonds. The first-order valence-electron chi connectivity index (χ1n) is 7.70. The fraction of sp³-hybridized carbons (Fsp3) is 0.118. The molecule has 0 saturated carbocycles. The minimum atomic E-state index is -0.612. The normalized spacial score (nSPS) is 10.6. The van der Waals surface area contributed by atoms with Crippen LogP contribution in [-0.2, 0) is 9.59 Å². The molecule has 0 aliphatic rings. The van der Waals surface area contributed by atoms with Gasteiger partial charge in [-0.15, -0.1) is 0 Å². The molecule has 2 aromatic carbocycles. The number of rotatable bonds is 7. The van der Waals surface area contributed by atoms with E-state index >= 15 is 0 Å². The van der Waals surface area contributed by atoms with Crippen LogP contribution in [0.2, 0.25) is 0 Å². The Labute approximate surface area is 162 Å². The highest BCUT2D eigenvalue weighted by molar-refractivity contribution is 9.10. The first-order chi connectivity index (χ1) is 12.9. The summed E-state index contributed by atoms with van der Waals surface area (Å²) in [5.74, 6) is -1.07. The lowest BCUT2D eigenvalue weighted by Gasteiger charge is -2.06. The molecule has 2 aromatic rings. The number of carbonyl (C=O) groups is 2. The summed E-state index contributed by atoms with van der Waals surface area (Å²) in [6.45, 7) is 0. The Bertz CT molecular complexity index is 901. The number of hydrogen-bond acceptors (Lipinski definition) is 6. The third-order valence-corrected chi connectivity index (χ3v) is 4.03. The number of aromatic hydroxyl groups is 1. The number of benzene rings is 2. The second kappa shape index (κ2) is 9.43. The molecule has 2 rings (SSSR count). The van der Waals surface area contributed by atoms with Gasteiger partial charge in [-0.2, -0.15) is 5.10 Å². The van der Waals surface area contributed by atoms with E-state index in [2.05, 4.69) is 31.8 Å². The summed E-state index contributed by atoms with van der Waals surface area (Å²) >= 11 is 3.31. The van der Waals surface area contributed by atoms with Gasteiger partial charge < -0.3 is 10.4 Å². The van der Waals surface area contributed by atoms with Crippen molar-refractivity contribution in [2.24, 2.45) is 5.10 Å². The summed E-state index contributed by atoms with van der Waals surface area (Å²) in [5.41, 5.74) is 2.66. The van der Waals surface area contributed by atoms with E-state index in [0.717, 1.165) is 28.9 Å². The van der Waals surface area contributed by atoms with Crippen LogP contribution in [0, 0.1) is 10.1 Å². The van der Waals surface area contributed by atoms with Crippen LogP contribution in [-0.4, -0.2) is 28.1 Å². The molecule has 0 aromatic heterocycles. The summed E-state index contributed by atoms with van der Waals surface area (Å²) in [4.78, 5) is 33.7. The van der Waals surface area contributed by atoms with Gasteiger partial charge in [0.05, 0.1) is 16.8 Å². The highest BCUT2D eigenvalue weighted by Crippen LogP contribution is 2.22. The number of non-ortho nitro benzene ring substituents is 1. The third-order valence-electron chi connectivity index (χ3n) is 3.34. The van der Waals surface area contributed by atoms with Gasteiger partial charge in [0.2, 0.25) is 11.8 Å². The summed E-state index contributed by atoms with van der Waals surface area (Å²) in [6.07, 6.45) is 0.931. The molecule has 0 aliphatic carbocycles. The maximum Gasteiger partial charge on any atom is 0.270 e. The van der Waals surface area contributed by atoms with Gasteiger partial charge in [0.15, 0.2) is 0 Å². The molecule has 0 radical (unpaired) electrons. The van der Waals surface area contributed by atoms with Crippen molar-refractivity contribution in [1.82, 2.24) is 5.43 Å². The van der Waals surface area contributed by atoms with Crippen LogP contribution in [0.5, 0.6) is 5.75 Å². The number of halogens is 1. The predicted octanol–water partition coefficient (Wildman–Crippen LogP) is 2.93. The Morgan fingerprint density at radius 1 is 1.19 bits per heavy atom. The number of hydrogen-bond donors (Lipinski definition) is 3. The highest BCUT2D eigenvalue weighted by atomic mass is 79.9. The Morgan fingerprint density at radius 2 is 1.89 bits per heavy atom. The van der Waals surface area contributed by atoms with Gasteiger partial charge in [-0.1, -0.05) is 12.1 Å². The van der Waals surface area contributed by atoms with E-state index in [-0.39, 0.29) is 35.7 Å². The Hall–Kier alpha value is -3.27. The summed E-state index contributed by atoms with van der Waals surface area (Å²) in [6, 6.07) is 10.5. The van der Waals surface area contributed by atoms with Crippen molar-refractivity contribution < 1.29 is 19.6 Å². The number of phenolic OH excluding ortho intramolecular Hbond substituents is 1. The minimum Gasteiger partial charge on any atom is -0.507 e. The number of nitro benzene ring substituents is 1. The maximum atomic E-state index is 11.9. The number of carbonyl (C=O) groups excluding carboxylic acids is 2. The lowest BCUT2D eigenvalue weighted by Crippen LogP contribution is -2.20. The monoisotopic (exact) mass is 434 g/mol. The Balaban J connectivity index is 1.83. The molecule has 0 heterocycles. The topological polar surface area (TPSA) is 134 Å². The first kappa shape index (κ1) is 20.0. The van der Waals surface area contributed by atoms with Crippen LogP contribution >= 0.6 is 15.9 Å². The van der Waals surface area contributed by atoms with E-state index in [1.807, 2.05) is 6.07 Å². The number of amides is 2. The van der Waals surface area contributed by atoms with E-state index in [0.29, 0.717) is 5.69 Å². The fourth-order valence-electron chi connectivity index (χ4n) is 1.99. The number of nitro groups is 1. The number of anilines is 1. The molecule has 0 bridgehead atoms. The van der Waals surface area contributed by atoms with Crippen LogP contribution in [0.3, 0.4) is 0 Å². The van der Waals surface area contributed by atoms with Crippen molar-refractivity contribution in [3.05, 3.63) is 62.6 Å². The summed E-state index contributed by atoms with van der Waals surface area (Å²) in [7, 11) is 0. The molecular weight excluding hydrogens is 420 g/mol. The fourth-order valence-corrected chi connectivity index (χ4v) is 2.37. The molecule has 0 atom stereocenters. The molecule has 10 heteroatoms. The van der Waals surface area contributed by atoms with Gasteiger partial charge in [0.1, 0.15) is 5.75 Å². The average Bonchev–Trinajstić information content (AvgIpc) is 2.63. The molecule has 0 spiro atoms. The quantitative estimate of drug-likeness (QED) is 0.349. The van der Waals surface area contributed by atoms with E-state index in [1.54, 1.807) is 18.2 Å². The zero-order valence-electron chi connectivity index (χ0n) is 13.9. The van der Waals surface area contributed by atoms with Crippen molar-refractivity contribution in [3.63, 3.8) is 0 Å². The van der Waals surface area contributed by atoms with Gasteiger partial charge >= 0.3 is 0 Å². The molecule has 3 N–H and O–H groups in total. The summed E-state index contributed by atoms with van der Waals surface area (Å²) in [5, 5.41) is 26.7. The van der Waals surface area contributed by atoms with E-state index in [1.165, 1.54) is 0 Å². The molecule has 0 saturated heterocycles. The number of para-hydroxylation sites is 1. The number of nitrogens with one attached hydrogen (secondary N) is 2. The van der Waals surface area contributed by atoms with Gasteiger partial charge in [0, 0.05) is 35.0 Å². The van der Waals surface area contributed by atoms with Crippen molar-refractivity contribution in [2.75, 3.05) is 5.32 Å². The maximum absolute atomic E-state index is 11.9. The van der Waals surface area contributed by atoms with Gasteiger partial charge in [-0.05, 0) is 34.1 Å². The smallest absolute Gasteiger partial charge is 0.270 e. The largest absolute Gasteiger partial charge is 0.507 e. The lowest BCUT2D eigenvalue weighted by molar-refractivity contribution is -0.384. The third kappa shape index (κ3) is 6.19. The SMILES string of the molecule is O=C(CCC(=O)Nc1ccccc1Br)NN=Cc1cc([N+](=O)[O-])ccc1O. The zero-order valence-corrected chi connectivity index (χ0v) is 15.5. The predicted molar refractivity (Wildman–Crippen MR) is 103 cm³/mol. The van der Waals surface area contributed by atoms with Crippen molar-refractivity contribution in [2.45, 2.75) is 12.8 Å². The Morgan fingerprint density at radius 3 is 2.59 bits per heavy atom. The number of nitrogens with zero attached hydrogens (tertiary/aromatic N) is 2. The molecule has 0 unspecified atom stereocenters.